The van der Waals surface area contributed by atoms with Crippen molar-refractivity contribution in [1.29, 1.82) is 0 Å². The SMILES string of the molecule is CCCN(CCC)S(=O)(=O)NC1CC(N)C1. The summed E-state index contributed by atoms with van der Waals surface area (Å²) in [5, 5.41) is 0. The first-order valence-electron chi connectivity index (χ1n) is 6.02. The van der Waals surface area contributed by atoms with E-state index in [0.29, 0.717) is 13.1 Å². The van der Waals surface area contributed by atoms with Crippen molar-refractivity contribution in [3.8, 4) is 0 Å². The molecule has 1 aliphatic rings. The number of nitrogens with zero attached hydrogens (tertiary/aromatic N) is 1. The van der Waals surface area contributed by atoms with Gasteiger partial charge in [-0.15, -0.1) is 0 Å². The first-order valence-corrected chi connectivity index (χ1v) is 7.46. The van der Waals surface area contributed by atoms with Crippen molar-refractivity contribution in [3.63, 3.8) is 0 Å². The summed E-state index contributed by atoms with van der Waals surface area (Å²) in [5.74, 6) is 0. The van der Waals surface area contributed by atoms with Crippen molar-refractivity contribution < 1.29 is 8.42 Å². The van der Waals surface area contributed by atoms with Gasteiger partial charge in [-0.25, -0.2) is 0 Å². The molecule has 0 aliphatic heterocycles. The predicted octanol–water partition coefficient (Wildman–Crippen LogP) is 0.433. The Bertz CT molecular complexity index is 293. The zero-order valence-electron chi connectivity index (χ0n) is 10.1. The highest BCUT2D eigenvalue weighted by molar-refractivity contribution is 7.87. The lowest BCUT2D eigenvalue weighted by molar-refractivity contribution is 0.313. The molecule has 0 heterocycles. The maximum absolute atomic E-state index is 12.0. The molecule has 0 atom stereocenters. The first kappa shape index (κ1) is 13.9. The van der Waals surface area contributed by atoms with Crippen LogP contribution >= 0.6 is 0 Å². The summed E-state index contributed by atoms with van der Waals surface area (Å²) in [6, 6.07) is 0.203. The predicted molar refractivity (Wildman–Crippen MR) is 65.2 cm³/mol. The van der Waals surface area contributed by atoms with E-state index in [-0.39, 0.29) is 12.1 Å². The summed E-state index contributed by atoms with van der Waals surface area (Å²) in [6.07, 6.45) is 3.19. The number of nitrogens with one attached hydrogen (secondary N) is 1. The topological polar surface area (TPSA) is 75.4 Å². The highest BCUT2D eigenvalue weighted by atomic mass is 32.2. The maximum Gasteiger partial charge on any atom is 0.279 e. The fourth-order valence-electron chi connectivity index (χ4n) is 1.89. The van der Waals surface area contributed by atoms with Crippen LogP contribution in [0.3, 0.4) is 0 Å². The lowest BCUT2D eigenvalue weighted by atomic mass is 9.89. The minimum Gasteiger partial charge on any atom is -0.328 e. The van der Waals surface area contributed by atoms with E-state index in [1.807, 2.05) is 13.8 Å². The third kappa shape index (κ3) is 3.69. The highest BCUT2D eigenvalue weighted by Crippen LogP contribution is 2.19. The number of hydrogen-bond donors (Lipinski definition) is 2. The van der Waals surface area contributed by atoms with Crippen molar-refractivity contribution in [3.05, 3.63) is 0 Å². The van der Waals surface area contributed by atoms with Crippen LogP contribution in [0.1, 0.15) is 39.5 Å². The molecule has 6 heteroatoms. The molecule has 0 aromatic carbocycles. The Morgan fingerprint density at radius 3 is 2.12 bits per heavy atom. The van der Waals surface area contributed by atoms with Crippen molar-refractivity contribution in [2.24, 2.45) is 5.73 Å². The number of hydrogen-bond acceptors (Lipinski definition) is 3. The quantitative estimate of drug-likeness (QED) is 0.687. The average molecular weight is 249 g/mol. The zero-order valence-corrected chi connectivity index (χ0v) is 11.0. The number of rotatable bonds is 7. The van der Waals surface area contributed by atoms with Crippen molar-refractivity contribution in [2.45, 2.75) is 51.6 Å². The normalized spacial score (nSPS) is 25.8. The second kappa shape index (κ2) is 5.95. The monoisotopic (exact) mass is 249 g/mol. The molecule has 16 heavy (non-hydrogen) atoms. The van der Waals surface area contributed by atoms with Gasteiger partial charge in [-0.2, -0.15) is 17.4 Å². The van der Waals surface area contributed by atoms with Crippen molar-refractivity contribution >= 4 is 10.2 Å². The van der Waals surface area contributed by atoms with Gasteiger partial charge in [0, 0.05) is 25.2 Å². The fraction of sp³-hybridized carbons (Fsp3) is 1.00. The van der Waals surface area contributed by atoms with Crippen LogP contribution < -0.4 is 10.5 Å². The summed E-state index contributed by atoms with van der Waals surface area (Å²) in [4.78, 5) is 0. The molecule has 0 bridgehead atoms. The van der Waals surface area contributed by atoms with Crippen LogP contribution in [0.4, 0.5) is 0 Å². The van der Waals surface area contributed by atoms with Crippen LogP contribution in [-0.2, 0) is 10.2 Å². The van der Waals surface area contributed by atoms with Crippen molar-refractivity contribution in [1.82, 2.24) is 9.03 Å². The standard InChI is InChI=1S/C10H23N3O2S/c1-3-5-13(6-4-2)16(14,15)12-10-7-9(11)8-10/h9-10,12H,3-8,11H2,1-2H3. The molecule has 3 N–H and O–H groups in total. The summed E-state index contributed by atoms with van der Waals surface area (Å²) >= 11 is 0. The van der Waals surface area contributed by atoms with Crippen LogP contribution in [0.15, 0.2) is 0 Å². The second-order valence-corrected chi connectivity index (χ2v) is 6.15. The van der Waals surface area contributed by atoms with Crippen LogP contribution in [0.2, 0.25) is 0 Å². The lowest BCUT2D eigenvalue weighted by Crippen LogP contribution is -2.54. The van der Waals surface area contributed by atoms with E-state index in [2.05, 4.69) is 4.72 Å². The molecule has 1 saturated carbocycles. The molecule has 0 radical (unpaired) electrons. The van der Waals surface area contributed by atoms with Crippen LogP contribution in [0.5, 0.6) is 0 Å². The highest BCUT2D eigenvalue weighted by Gasteiger charge is 2.31. The molecule has 96 valence electrons. The molecule has 1 aliphatic carbocycles. The second-order valence-electron chi connectivity index (χ2n) is 4.45. The van der Waals surface area contributed by atoms with E-state index in [9.17, 15) is 8.42 Å². The summed E-state index contributed by atoms with van der Waals surface area (Å²) in [7, 11) is -3.30. The van der Waals surface area contributed by atoms with Gasteiger partial charge >= 0.3 is 0 Å². The van der Waals surface area contributed by atoms with Gasteiger partial charge < -0.3 is 5.73 Å². The molecule has 5 nitrogen and oxygen atoms in total. The van der Waals surface area contributed by atoms with Crippen molar-refractivity contribution in [2.75, 3.05) is 13.1 Å². The van der Waals surface area contributed by atoms with E-state index in [4.69, 9.17) is 5.73 Å². The fourth-order valence-corrected chi connectivity index (χ4v) is 3.50. The molecule has 0 aromatic heterocycles. The van der Waals surface area contributed by atoms with Gasteiger partial charge in [0.1, 0.15) is 0 Å². The van der Waals surface area contributed by atoms with Gasteiger partial charge in [0.25, 0.3) is 10.2 Å². The minimum absolute atomic E-state index is 0.0382. The van der Waals surface area contributed by atoms with Gasteiger partial charge in [0.2, 0.25) is 0 Å². The first-order chi connectivity index (χ1) is 7.49. The minimum atomic E-state index is -3.30. The molecule has 0 amide bonds. The zero-order chi connectivity index (χ0) is 12.2. The van der Waals surface area contributed by atoms with Crippen LogP contribution in [0, 0.1) is 0 Å². The Morgan fingerprint density at radius 2 is 1.75 bits per heavy atom. The lowest BCUT2D eigenvalue weighted by Gasteiger charge is -2.34. The van der Waals surface area contributed by atoms with Gasteiger partial charge in [0.15, 0.2) is 0 Å². The van der Waals surface area contributed by atoms with Gasteiger partial charge in [0.05, 0.1) is 0 Å². The van der Waals surface area contributed by atoms with E-state index in [1.165, 1.54) is 4.31 Å². The summed E-state index contributed by atoms with van der Waals surface area (Å²) in [6.45, 7) is 5.14. The Hall–Kier alpha value is -0.170. The van der Waals surface area contributed by atoms with E-state index >= 15 is 0 Å². The average Bonchev–Trinajstić information content (AvgIpc) is 2.15. The molecular weight excluding hydrogens is 226 g/mol. The summed E-state index contributed by atoms with van der Waals surface area (Å²) < 4.78 is 28.2. The molecule has 1 rings (SSSR count). The Labute approximate surface area is 98.6 Å². The van der Waals surface area contributed by atoms with E-state index < -0.39 is 10.2 Å². The Balaban J connectivity index is 2.51. The Kier molecular flexibility index (Phi) is 5.17. The molecule has 0 saturated heterocycles. The smallest absolute Gasteiger partial charge is 0.279 e. The van der Waals surface area contributed by atoms with E-state index in [0.717, 1.165) is 25.7 Å². The third-order valence-corrected chi connectivity index (χ3v) is 4.45. The van der Waals surface area contributed by atoms with Gasteiger partial charge in [-0.3, -0.25) is 0 Å². The Morgan fingerprint density at radius 1 is 1.25 bits per heavy atom. The van der Waals surface area contributed by atoms with Crippen LogP contribution in [-0.4, -0.2) is 37.9 Å². The van der Waals surface area contributed by atoms with E-state index in [1.54, 1.807) is 0 Å². The summed E-state index contributed by atoms with van der Waals surface area (Å²) in [5.41, 5.74) is 5.63. The molecule has 0 unspecified atom stereocenters. The molecule has 1 fully saturated rings. The maximum atomic E-state index is 12.0. The van der Waals surface area contributed by atoms with Crippen LogP contribution in [0.25, 0.3) is 0 Å². The molecule has 0 aromatic rings. The third-order valence-electron chi connectivity index (χ3n) is 2.78. The largest absolute Gasteiger partial charge is 0.328 e. The molecular formula is C10H23N3O2S. The number of nitrogens with two attached hydrogens (primary N) is 1. The van der Waals surface area contributed by atoms with Gasteiger partial charge in [-0.05, 0) is 25.7 Å². The van der Waals surface area contributed by atoms with Gasteiger partial charge in [-0.1, -0.05) is 13.8 Å². The molecule has 0 spiro atoms.